The summed E-state index contributed by atoms with van der Waals surface area (Å²) in [5, 5.41) is 11.1. The number of hydrogen-bond donors (Lipinski definition) is 2. The minimum atomic E-state index is -0.458. The molecule has 0 aliphatic carbocycles. The number of rotatable bonds is 5. The summed E-state index contributed by atoms with van der Waals surface area (Å²) in [7, 11) is 3.97. The van der Waals surface area contributed by atoms with Crippen molar-refractivity contribution < 1.29 is 4.92 Å². The molecule has 1 aromatic heterocycles. The number of anilines is 2. The third-order valence-electron chi connectivity index (χ3n) is 3.30. The second-order valence-corrected chi connectivity index (χ2v) is 5.06. The molecule has 1 saturated heterocycles. The van der Waals surface area contributed by atoms with Gasteiger partial charge in [-0.15, -0.1) is 0 Å². The zero-order valence-corrected chi connectivity index (χ0v) is 11.6. The van der Waals surface area contributed by atoms with Gasteiger partial charge < -0.3 is 9.80 Å². The molecule has 1 atom stereocenters. The number of hydrogen-bond acceptors (Lipinski definition) is 8. The highest BCUT2D eigenvalue weighted by Gasteiger charge is 2.32. The van der Waals surface area contributed by atoms with Crippen LogP contribution < -0.4 is 16.2 Å². The van der Waals surface area contributed by atoms with Gasteiger partial charge in [0.15, 0.2) is 0 Å². The molecule has 0 bridgehead atoms. The Morgan fingerprint density at radius 3 is 3.00 bits per heavy atom. The fourth-order valence-electron chi connectivity index (χ4n) is 2.50. The maximum Gasteiger partial charge on any atom is 0.329 e. The van der Waals surface area contributed by atoms with E-state index in [-0.39, 0.29) is 17.7 Å². The van der Waals surface area contributed by atoms with Gasteiger partial charge in [-0.1, -0.05) is 0 Å². The second-order valence-electron chi connectivity index (χ2n) is 5.06. The summed E-state index contributed by atoms with van der Waals surface area (Å²) in [6, 6.07) is 0.212. The Balaban J connectivity index is 2.36. The first-order chi connectivity index (χ1) is 9.52. The summed E-state index contributed by atoms with van der Waals surface area (Å²) in [6.45, 7) is 1.58. The average molecular weight is 281 g/mol. The highest BCUT2D eigenvalue weighted by Crippen LogP contribution is 2.32. The van der Waals surface area contributed by atoms with Crippen molar-refractivity contribution in [3.05, 3.63) is 16.3 Å². The van der Waals surface area contributed by atoms with Crippen LogP contribution in [0.25, 0.3) is 0 Å². The van der Waals surface area contributed by atoms with Crippen molar-refractivity contribution in [3.63, 3.8) is 0 Å². The lowest BCUT2D eigenvalue weighted by Gasteiger charge is -2.27. The molecule has 2 heterocycles. The van der Waals surface area contributed by atoms with Crippen LogP contribution in [-0.2, 0) is 0 Å². The van der Waals surface area contributed by atoms with Gasteiger partial charge >= 0.3 is 5.69 Å². The summed E-state index contributed by atoms with van der Waals surface area (Å²) in [6.07, 6.45) is 3.18. The van der Waals surface area contributed by atoms with Crippen molar-refractivity contribution in [2.24, 2.45) is 5.84 Å². The average Bonchev–Trinajstić information content (AvgIpc) is 2.85. The fourth-order valence-corrected chi connectivity index (χ4v) is 2.50. The number of nitrogen functional groups attached to an aromatic ring is 1. The van der Waals surface area contributed by atoms with Gasteiger partial charge in [-0.05, 0) is 26.9 Å². The smallest absolute Gasteiger partial charge is 0.329 e. The van der Waals surface area contributed by atoms with E-state index in [1.807, 2.05) is 19.0 Å². The van der Waals surface area contributed by atoms with Gasteiger partial charge in [0.05, 0.1) is 4.92 Å². The summed E-state index contributed by atoms with van der Waals surface area (Å²) >= 11 is 0. The van der Waals surface area contributed by atoms with Gasteiger partial charge in [0.25, 0.3) is 0 Å². The molecular weight excluding hydrogens is 262 g/mol. The second kappa shape index (κ2) is 5.97. The largest absolute Gasteiger partial charge is 0.346 e. The van der Waals surface area contributed by atoms with Crippen LogP contribution in [0.5, 0.6) is 0 Å². The highest BCUT2D eigenvalue weighted by molar-refractivity contribution is 5.60. The Morgan fingerprint density at radius 1 is 1.65 bits per heavy atom. The predicted molar refractivity (Wildman–Crippen MR) is 75.4 cm³/mol. The van der Waals surface area contributed by atoms with E-state index in [4.69, 9.17) is 5.84 Å². The Bertz CT molecular complexity index is 494. The molecule has 1 unspecified atom stereocenters. The molecule has 1 aliphatic rings. The monoisotopic (exact) mass is 281 g/mol. The Kier molecular flexibility index (Phi) is 4.30. The fraction of sp³-hybridized carbons (Fsp3) is 0.636. The topological polar surface area (TPSA) is 113 Å². The molecule has 9 nitrogen and oxygen atoms in total. The quantitative estimate of drug-likeness (QED) is 0.447. The van der Waals surface area contributed by atoms with E-state index in [1.165, 1.54) is 6.20 Å². The maximum atomic E-state index is 11.1. The van der Waals surface area contributed by atoms with Crippen LogP contribution in [0.15, 0.2) is 6.20 Å². The van der Waals surface area contributed by atoms with E-state index in [0.717, 1.165) is 25.9 Å². The maximum absolute atomic E-state index is 11.1. The van der Waals surface area contributed by atoms with Gasteiger partial charge in [0, 0.05) is 19.1 Å². The summed E-state index contributed by atoms with van der Waals surface area (Å²) in [4.78, 5) is 22.7. The number of nitrogens with zero attached hydrogens (tertiary/aromatic N) is 5. The summed E-state index contributed by atoms with van der Waals surface area (Å²) in [5.41, 5.74) is 2.24. The molecule has 20 heavy (non-hydrogen) atoms. The van der Waals surface area contributed by atoms with Crippen molar-refractivity contribution in [2.45, 2.75) is 18.9 Å². The molecule has 0 amide bonds. The molecule has 0 aromatic carbocycles. The summed E-state index contributed by atoms with van der Waals surface area (Å²) < 4.78 is 0. The molecule has 0 spiro atoms. The first-order valence-electron chi connectivity index (χ1n) is 6.42. The minimum absolute atomic E-state index is 0.0883. The van der Waals surface area contributed by atoms with Crippen molar-refractivity contribution >= 4 is 17.5 Å². The SMILES string of the molecule is CN(C)CC1CCCN1c1nc(NN)ncc1[N+](=O)[O-]. The van der Waals surface area contributed by atoms with Crippen molar-refractivity contribution in [3.8, 4) is 0 Å². The van der Waals surface area contributed by atoms with Gasteiger partial charge in [-0.25, -0.2) is 10.8 Å². The third kappa shape index (κ3) is 2.94. The van der Waals surface area contributed by atoms with Crippen LogP contribution in [-0.4, -0.2) is 53.0 Å². The molecule has 1 aromatic rings. The highest BCUT2D eigenvalue weighted by atomic mass is 16.6. The van der Waals surface area contributed by atoms with Crippen molar-refractivity contribution in [1.82, 2.24) is 14.9 Å². The number of likely N-dealkylation sites (N-methyl/N-ethyl adjacent to an activating group) is 1. The number of nitro groups is 1. The van der Waals surface area contributed by atoms with E-state index >= 15 is 0 Å². The predicted octanol–water partition coefficient (Wildman–Crippen LogP) is 0.201. The number of nitrogens with two attached hydrogens (primary N) is 1. The molecular formula is C11H19N7O2. The van der Waals surface area contributed by atoms with E-state index in [1.54, 1.807) is 0 Å². The first-order valence-corrected chi connectivity index (χ1v) is 6.42. The van der Waals surface area contributed by atoms with Crippen LogP contribution in [0.4, 0.5) is 17.5 Å². The van der Waals surface area contributed by atoms with E-state index in [9.17, 15) is 10.1 Å². The van der Waals surface area contributed by atoms with Gasteiger partial charge in [0.1, 0.15) is 6.20 Å². The summed E-state index contributed by atoms with van der Waals surface area (Å²) in [5.74, 6) is 5.80. The normalized spacial score (nSPS) is 18.6. The Morgan fingerprint density at radius 2 is 2.40 bits per heavy atom. The zero-order chi connectivity index (χ0) is 14.7. The van der Waals surface area contributed by atoms with Crippen LogP contribution in [0.2, 0.25) is 0 Å². The Hall–Kier alpha value is -2.00. The lowest BCUT2D eigenvalue weighted by molar-refractivity contribution is -0.384. The Labute approximate surface area is 116 Å². The molecule has 9 heteroatoms. The van der Waals surface area contributed by atoms with Gasteiger partial charge in [-0.2, -0.15) is 4.98 Å². The molecule has 110 valence electrons. The number of aromatic nitrogens is 2. The number of nitrogens with one attached hydrogen (secondary N) is 1. The van der Waals surface area contributed by atoms with Gasteiger partial charge in [0.2, 0.25) is 11.8 Å². The molecule has 1 fully saturated rings. The zero-order valence-electron chi connectivity index (χ0n) is 11.6. The van der Waals surface area contributed by atoms with E-state index < -0.39 is 4.92 Å². The van der Waals surface area contributed by atoms with Crippen LogP contribution in [0.1, 0.15) is 12.8 Å². The van der Waals surface area contributed by atoms with E-state index in [2.05, 4.69) is 20.3 Å². The lowest BCUT2D eigenvalue weighted by Crippen LogP contribution is -2.38. The molecule has 0 saturated carbocycles. The standard InChI is InChI=1S/C11H19N7O2/c1-16(2)7-8-4-3-5-17(8)10-9(18(19)20)6-13-11(14-10)15-12/h6,8H,3-5,7,12H2,1-2H3,(H,13,14,15). The van der Waals surface area contributed by atoms with Gasteiger partial charge in [-0.3, -0.25) is 15.5 Å². The van der Waals surface area contributed by atoms with Crippen LogP contribution in [0.3, 0.4) is 0 Å². The molecule has 3 N–H and O–H groups in total. The third-order valence-corrected chi connectivity index (χ3v) is 3.30. The minimum Gasteiger partial charge on any atom is -0.346 e. The molecule has 2 rings (SSSR count). The van der Waals surface area contributed by atoms with Crippen LogP contribution >= 0.6 is 0 Å². The van der Waals surface area contributed by atoms with E-state index in [0.29, 0.717) is 5.82 Å². The number of hydrazine groups is 1. The molecule has 1 aliphatic heterocycles. The van der Waals surface area contributed by atoms with Crippen molar-refractivity contribution in [1.29, 1.82) is 0 Å². The van der Waals surface area contributed by atoms with Crippen LogP contribution in [0, 0.1) is 10.1 Å². The molecule has 0 radical (unpaired) electrons. The first kappa shape index (κ1) is 14.4. The lowest BCUT2D eigenvalue weighted by atomic mass is 10.2. The van der Waals surface area contributed by atoms with Crippen molar-refractivity contribution in [2.75, 3.05) is 37.5 Å².